The number of hydrogen-bond donors (Lipinski definition) is 2. The van der Waals surface area contributed by atoms with Crippen molar-refractivity contribution in [2.24, 2.45) is 0 Å². The maximum atomic E-state index is 13.0. The van der Waals surface area contributed by atoms with E-state index in [1.54, 1.807) is 24.3 Å². The van der Waals surface area contributed by atoms with Crippen LogP contribution in [0.4, 0.5) is 4.79 Å². The van der Waals surface area contributed by atoms with Gasteiger partial charge in [0.2, 0.25) is 5.91 Å². The largest absolute Gasteiger partial charge is 0.462 e. The van der Waals surface area contributed by atoms with Gasteiger partial charge in [0.05, 0.1) is 6.61 Å². The molecule has 2 amide bonds. The van der Waals surface area contributed by atoms with Gasteiger partial charge in [-0.1, -0.05) is 60.7 Å². The van der Waals surface area contributed by atoms with Crippen molar-refractivity contribution in [3.05, 3.63) is 71.8 Å². The van der Waals surface area contributed by atoms with Gasteiger partial charge in [-0.25, -0.2) is 4.79 Å². The topological polar surface area (TPSA) is 191 Å². The average molecular weight is 687 g/mol. The lowest BCUT2D eigenvalue weighted by Crippen LogP contribution is -2.67. The van der Waals surface area contributed by atoms with Crippen LogP contribution in [0.5, 0.6) is 0 Å². The third-order valence-corrected chi connectivity index (χ3v) is 7.00. The highest BCUT2D eigenvalue weighted by Crippen LogP contribution is 2.28. The molecule has 0 unspecified atom stereocenters. The lowest BCUT2D eigenvalue weighted by Gasteiger charge is -2.45. The molecule has 2 aromatic carbocycles. The standard InChI is InChI=1S/C34H42N2O13/c1-21(37)43-20-27(46-22(2)38)15-16-29(41)35-17-28-31(47-23(3)39)32(48-24(4)40)30(33(49-28)44-18-25-11-7-5-8-12-25)36-34(42)45-19-26-13-9-6-10-14-26/h5-14,27-28,30-33H,15-20H2,1-4H3,(H,35,41)(H,36,42)/t27-,28+,30+,31+,32+,33-/m0/s1. The number of amides is 2. The van der Waals surface area contributed by atoms with Crippen molar-refractivity contribution >= 4 is 35.9 Å². The number of hydrogen-bond acceptors (Lipinski definition) is 13. The number of rotatable bonds is 16. The van der Waals surface area contributed by atoms with Crippen molar-refractivity contribution < 1.29 is 61.9 Å². The zero-order valence-corrected chi connectivity index (χ0v) is 27.8. The summed E-state index contributed by atoms with van der Waals surface area (Å²) in [4.78, 5) is 73.2. The molecule has 3 rings (SSSR count). The molecule has 1 saturated heterocycles. The van der Waals surface area contributed by atoms with Crippen molar-refractivity contribution in [2.75, 3.05) is 13.2 Å². The van der Waals surface area contributed by atoms with Crippen molar-refractivity contribution in [3.63, 3.8) is 0 Å². The first-order valence-electron chi connectivity index (χ1n) is 15.6. The van der Waals surface area contributed by atoms with Crippen LogP contribution < -0.4 is 10.6 Å². The fourth-order valence-electron chi connectivity index (χ4n) is 4.90. The quantitative estimate of drug-likeness (QED) is 0.194. The number of carbonyl (C=O) groups is 6. The average Bonchev–Trinajstić information content (AvgIpc) is 3.05. The SMILES string of the molecule is CC(=O)OC[C@H](CCC(=O)NC[C@H]1O[C@H](OCc2ccccc2)[C@H](NC(=O)OCc2ccccc2)[C@@H](OC(C)=O)[C@@H]1OC(C)=O)OC(C)=O. The minimum atomic E-state index is -1.33. The molecule has 1 heterocycles. The van der Waals surface area contributed by atoms with Crippen LogP contribution in [-0.4, -0.2) is 85.8 Å². The molecule has 266 valence electrons. The number of alkyl carbamates (subject to hydrolysis) is 1. The number of esters is 4. The van der Waals surface area contributed by atoms with Gasteiger partial charge in [0.1, 0.15) is 31.5 Å². The third kappa shape index (κ3) is 13.9. The lowest BCUT2D eigenvalue weighted by molar-refractivity contribution is -0.273. The Bertz CT molecular complexity index is 1410. The van der Waals surface area contributed by atoms with Gasteiger partial charge >= 0.3 is 30.0 Å². The van der Waals surface area contributed by atoms with Crippen LogP contribution in [0.15, 0.2) is 60.7 Å². The van der Waals surface area contributed by atoms with Crippen LogP contribution in [0.2, 0.25) is 0 Å². The van der Waals surface area contributed by atoms with Gasteiger partial charge in [0.15, 0.2) is 18.5 Å². The van der Waals surface area contributed by atoms with E-state index in [0.29, 0.717) is 0 Å². The Morgan fingerprint density at radius 1 is 0.735 bits per heavy atom. The Hall–Kier alpha value is -5.02. The predicted octanol–water partition coefficient (Wildman–Crippen LogP) is 2.48. The second-order valence-electron chi connectivity index (χ2n) is 11.1. The third-order valence-electron chi connectivity index (χ3n) is 7.00. The Balaban J connectivity index is 1.81. The van der Waals surface area contributed by atoms with Gasteiger partial charge in [-0.15, -0.1) is 0 Å². The number of benzene rings is 2. The molecule has 0 bridgehead atoms. The van der Waals surface area contributed by atoms with Crippen molar-refractivity contribution in [1.82, 2.24) is 10.6 Å². The van der Waals surface area contributed by atoms with E-state index in [1.165, 1.54) is 13.8 Å². The van der Waals surface area contributed by atoms with Gasteiger partial charge in [-0.3, -0.25) is 24.0 Å². The van der Waals surface area contributed by atoms with Gasteiger partial charge in [0.25, 0.3) is 0 Å². The smallest absolute Gasteiger partial charge is 0.407 e. The Morgan fingerprint density at radius 3 is 1.90 bits per heavy atom. The second-order valence-corrected chi connectivity index (χ2v) is 11.1. The molecule has 0 spiro atoms. The van der Waals surface area contributed by atoms with Crippen molar-refractivity contribution in [1.29, 1.82) is 0 Å². The molecule has 0 radical (unpaired) electrons. The van der Waals surface area contributed by atoms with Crippen LogP contribution in [0.1, 0.15) is 51.7 Å². The van der Waals surface area contributed by atoms with E-state index < -0.39 is 72.6 Å². The van der Waals surface area contributed by atoms with E-state index in [4.69, 9.17) is 33.2 Å². The minimum Gasteiger partial charge on any atom is -0.462 e. The highest BCUT2D eigenvalue weighted by atomic mass is 16.7. The van der Waals surface area contributed by atoms with E-state index in [-0.39, 0.29) is 39.2 Å². The maximum Gasteiger partial charge on any atom is 0.407 e. The Kier molecular flexibility index (Phi) is 15.5. The molecule has 2 aromatic rings. The number of ether oxygens (including phenoxy) is 7. The van der Waals surface area contributed by atoms with Crippen LogP contribution in [0, 0.1) is 0 Å². The van der Waals surface area contributed by atoms with E-state index >= 15 is 0 Å². The zero-order chi connectivity index (χ0) is 35.8. The number of nitrogens with one attached hydrogen (secondary N) is 2. The molecule has 0 aromatic heterocycles. The Labute approximate surface area is 283 Å². The first kappa shape index (κ1) is 38.4. The highest BCUT2D eigenvalue weighted by Gasteiger charge is 2.51. The zero-order valence-electron chi connectivity index (χ0n) is 27.8. The van der Waals surface area contributed by atoms with E-state index in [2.05, 4.69) is 10.6 Å². The summed E-state index contributed by atoms with van der Waals surface area (Å²) in [5, 5.41) is 5.32. The molecule has 1 fully saturated rings. The summed E-state index contributed by atoms with van der Waals surface area (Å²) in [5.41, 5.74) is 1.49. The molecule has 0 aliphatic carbocycles. The second kappa shape index (κ2) is 19.7. The normalized spacial score (nSPS) is 20.5. The van der Waals surface area contributed by atoms with Gasteiger partial charge in [-0.2, -0.15) is 0 Å². The first-order chi connectivity index (χ1) is 23.4. The molecule has 49 heavy (non-hydrogen) atoms. The van der Waals surface area contributed by atoms with Crippen LogP contribution in [-0.2, 0) is 70.3 Å². The fraction of sp³-hybridized carbons (Fsp3) is 0.471. The van der Waals surface area contributed by atoms with Gasteiger partial charge < -0.3 is 43.8 Å². The molecule has 6 atom stereocenters. The number of carbonyl (C=O) groups excluding carboxylic acids is 6. The summed E-state index contributed by atoms with van der Waals surface area (Å²) in [6.45, 7) is 4.18. The van der Waals surface area contributed by atoms with Crippen LogP contribution >= 0.6 is 0 Å². The Morgan fingerprint density at radius 2 is 1.33 bits per heavy atom. The molecular weight excluding hydrogens is 644 g/mol. The van der Waals surface area contributed by atoms with Crippen molar-refractivity contribution in [3.8, 4) is 0 Å². The molecule has 2 N–H and O–H groups in total. The van der Waals surface area contributed by atoms with E-state index in [0.717, 1.165) is 25.0 Å². The van der Waals surface area contributed by atoms with Gasteiger partial charge in [-0.05, 0) is 17.5 Å². The minimum absolute atomic E-state index is 0.0206. The molecule has 0 saturated carbocycles. The highest BCUT2D eigenvalue weighted by molar-refractivity contribution is 5.76. The van der Waals surface area contributed by atoms with E-state index in [9.17, 15) is 28.8 Å². The van der Waals surface area contributed by atoms with Crippen LogP contribution in [0.25, 0.3) is 0 Å². The summed E-state index contributed by atoms with van der Waals surface area (Å²) >= 11 is 0. The molecular formula is C34H42N2O13. The summed E-state index contributed by atoms with van der Waals surface area (Å²) in [7, 11) is 0. The molecule has 15 heteroatoms. The van der Waals surface area contributed by atoms with Crippen molar-refractivity contribution in [2.45, 2.75) is 90.5 Å². The first-order valence-corrected chi connectivity index (χ1v) is 15.6. The summed E-state index contributed by atoms with van der Waals surface area (Å²) < 4.78 is 38.9. The summed E-state index contributed by atoms with van der Waals surface area (Å²) in [6, 6.07) is 16.8. The predicted molar refractivity (Wildman–Crippen MR) is 169 cm³/mol. The lowest BCUT2D eigenvalue weighted by atomic mass is 9.95. The van der Waals surface area contributed by atoms with Crippen LogP contribution in [0.3, 0.4) is 0 Å². The van der Waals surface area contributed by atoms with Gasteiger partial charge in [0, 0.05) is 40.7 Å². The summed E-state index contributed by atoms with van der Waals surface area (Å²) in [6.07, 6.45) is -6.89. The maximum absolute atomic E-state index is 13.0. The molecule has 1 aliphatic heterocycles. The molecule has 15 nitrogen and oxygen atoms in total. The summed E-state index contributed by atoms with van der Waals surface area (Å²) in [5.74, 6) is -3.17. The fourth-order valence-corrected chi connectivity index (χ4v) is 4.90. The van der Waals surface area contributed by atoms with E-state index in [1.807, 2.05) is 36.4 Å². The molecule has 1 aliphatic rings. The monoisotopic (exact) mass is 686 g/mol.